The van der Waals surface area contributed by atoms with Crippen LogP contribution in [0.25, 0.3) is 0 Å². The second kappa shape index (κ2) is 6.44. The first-order valence-electron chi connectivity index (χ1n) is 8.24. The zero-order chi connectivity index (χ0) is 14.7. The Morgan fingerprint density at radius 2 is 2.10 bits per heavy atom. The number of aromatic nitrogens is 1. The van der Waals surface area contributed by atoms with Crippen molar-refractivity contribution >= 4 is 22.4 Å². The lowest BCUT2D eigenvalue weighted by Crippen LogP contribution is -2.44. The largest absolute Gasteiger partial charge is 0.317 e. The van der Waals surface area contributed by atoms with E-state index in [9.17, 15) is 4.79 Å². The molecule has 0 aromatic carbocycles. The smallest absolute Gasteiger partial charge is 0.232 e. The van der Waals surface area contributed by atoms with Crippen LogP contribution in [0.4, 0.5) is 5.13 Å². The number of thiazole rings is 1. The Kier molecular flexibility index (Phi) is 4.60. The van der Waals surface area contributed by atoms with Crippen molar-refractivity contribution < 1.29 is 4.79 Å². The van der Waals surface area contributed by atoms with Crippen molar-refractivity contribution in [2.45, 2.75) is 58.3 Å². The maximum atomic E-state index is 12.8. The fourth-order valence-corrected chi connectivity index (χ4v) is 4.65. The van der Waals surface area contributed by atoms with Crippen LogP contribution >= 0.6 is 11.3 Å². The summed E-state index contributed by atoms with van der Waals surface area (Å²) in [7, 11) is 0. The minimum absolute atomic E-state index is 0.188. The quantitative estimate of drug-likeness (QED) is 0.898. The van der Waals surface area contributed by atoms with Gasteiger partial charge in [0.1, 0.15) is 0 Å². The maximum Gasteiger partial charge on any atom is 0.232 e. The summed E-state index contributed by atoms with van der Waals surface area (Å²) in [5.41, 5.74) is 1.03. The molecule has 0 saturated carbocycles. The minimum atomic E-state index is -0.188. The number of hydrogen-bond acceptors (Lipinski definition) is 4. The molecule has 0 spiro atoms. The van der Waals surface area contributed by atoms with Crippen molar-refractivity contribution in [3.8, 4) is 0 Å². The lowest BCUT2D eigenvalue weighted by molar-refractivity contribution is -0.127. The van der Waals surface area contributed by atoms with Crippen LogP contribution in [0.15, 0.2) is 0 Å². The SMILES string of the molecule is CCCC1(C(=O)Nc2nc3c(s2)CCCC3)CCNCC1. The predicted molar refractivity (Wildman–Crippen MR) is 86.8 cm³/mol. The van der Waals surface area contributed by atoms with Crippen LogP contribution in [0.3, 0.4) is 0 Å². The average molecular weight is 307 g/mol. The number of anilines is 1. The first kappa shape index (κ1) is 15.0. The monoisotopic (exact) mass is 307 g/mol. The highest BCUT2D eigenvalue weighted by Gasteiger charge is 2.39. The second-order valence-electron chi connectivity index (χ2n) is 6.33. The van der Waals surface area contributed by atoms with Gasteiger partial charge in [-0.05, 0) is 58.0 Å². The van der Waals surface area contributed by atoms with Crippen molar-refractivity contribution in [1.29, 1.82) is 0 Å². The summed E-state index contributed by atoms with van der Waals surface area (Å²) in [6.07, 6.45) is 8.62. The highest BCUT2D eigenvalue weighted by Crippen LogP contribution is 2.36. The highest BCUT2D eigenvalue weighted by molar-refractivity contribution is 7.15. The molecule has 116 valence electrons. The van der Waals surface area contributed by atoms with Crippen molar-refractivity contribution in [2.75, 3.05) is 18.4 Å². The molecule has 21 heavy (non-hydrogen) atoms. The molecule has 2 aliphatic rings. The third-order valence-electron chi connectivity index (χ3n) is 4.84. The molecule has 0 radical (unpaired) electrons. The first-order valence-corrected chi connectivity index (χ1v) is 9.06. The van der Waals surface area contributed by atoms with E-state index in [4.69, 9.17) is 0 Å². The van der Waals surface area contributed by atoms with Gasteiger partial charge in [-0.25, -0.2) is 4.98 Å². The van der Waals surface area contributed by atoms with Crippen LogP contribution in [-0.2, 0) is 17.6 Å². The molecule has 1 aliphatic heterocycles. The van der Waals surface area contributed by atoms with Crippen LogP contribution < -0.4 is 10.6 Å². The molecule has 4 nitrogen and oxygen atoms in total. The Morgan fingerprint density at radius 3 is 2.81 bits per heavy atom. The number of fused-ring (bicyclic) bond motifs is 1. The molecule has 2 N–H and O–H groups in total. The van der Waals surface area contributed by atoms with Crippen LogP contribution in [0, 0.1) is 5.41 Å². The van der Waals surface area contributed by atoms with Crippen molar-refractivity contribution in [3.63, 3.8) is 0 Å². The van der Waals surface area contributed by atoms with Gasteiger partial charge in [0.15, 0.2) is 5.13 Å². The number of amides is 1. The van der Waals surface area contributed by atoms with Gasteiger partial charge in [0.25, 0.3) is 0 Å². The number of nitrogens with one attached hydrogen (secondary N) is 2. The van der Waals surface area contributed by atoms with Gasteiger partial charge in [-0.2, -0.15) is 0 Å². The van der Waals surface area contributed by atoms with E-state index >= 15 is 0 Å². The Hall–Kier alpha value is -0.940. The van der Waals surface area contributed by atoms with Gasteiger partial charge < -0.3 is 10.6 Å². The predicted octanol–water partition coefficient (Wildman–Crippen LogP) is 3.13. The first-order chi connectivity index (χ1) is 10.2. The molecule has 0 atom stereocenters. The highest BCUT2D eigenvalue weighted by atomic mass is 32.1. The topological polar surface area (TPSA) is 54.0 Å². The molecule has 1 aromatic heterocycles. The molecule has 3 rings (SSSR count). The minimum Gasteiger partial charge on any atom is -0.317 e. The fourth-order valence-electron chi connectivity index (χ4n) is 3.61. The molecule has 0 unspecified atom stereocenters. The molecule has 2 heterocycles. The number of piperidine rings is 1. The van der Waals surface area contributed by atoms with E-state index in [-0.39, 0.29) is 11.3 Å². The molecule has 1 fully saturated rings. The van der Waals surface area contributed by atoms with Crippen LogP contribution in [0.2, 0.25) is 0 Å². The summed E-state index contributed by atoms with van der Waals surface area (Å²) in [5, 5.41) is 7.32. The molecule has 5 heteroatoms. The fraction of sp³-hybridized carbons (Fsp3) is 0.750. The van der Waals surface area contributed by atoms with Crippen LogP contribution in [-0.4, -0.2) is 24.0 Å². The van der Waals surface area contributed by atoms with Crippen molar-refractivity contribution in [1.82, 2.24) is 10.3 Å². The summed E-state index contributed by atoms with van der Waals surface area (Å²) in [4.78, 5) is 18.8. The van der Waals surface area contributed by atoms with E-state index in [0.29, 0.717) is 0 Å². The summed E-state index contributed by atoms with van der Waals surface area (Å²) < 4.78 is 0. The molecule has 1 saturated heterocycles. The second-order valence-corrected chi connectivity index (χ2v) is 7.41. The van der Waals surface area contributed by atoms with Gasteiger partial charge in [0.05, 0.1) is 11.1 Å². The van der Waals surface area contributed by atoms with Gasteiger partial charge in [-0.1, -0.05) is 13.3 Å². The Morgan fingerprint density at radius 1 is 1.33 bits per heavy atom. The Balaban J connectivity index is 1.73. The van der Waals surface area contributed by atoms with Crippen molar-refractivity contribution in [3.05, 3.63) is 10.6 Å². The van der Waals surface area contributed by atoms with E-state index in [1.807, 2.05) is 0 Å². The molecular weight excluding hydrogens is 282 g/mol. The number of nitrogens with zero attached hydrogens (tertiary/aromatic N) is 1. The van der Waals surface area contributed by atoms with E-state index in [1.165, 1.54) is 23.4 Å². The van der Waals surface area contributed by atoms with E-state index in [1.54, 1.807) is 11.3 Å². The zero-order valence-electron chi connectivity index (χ0n) is 12.8. The normalized spacial score (nSPS) is 20.8. The third-order valence-corrected chi connectivity index (χ3v) is 5.91. The van der Waals surface area contributed by atoms with E-state index < -0.39 is 0 Å². The average Bonchev–Trinajstić information content (AvgIpc) is 2.90. The lowest BCUT2D eigenvalue weighted by Gasteiger charge is -2.35. The Labute approximate surface area is 130 Å². The summed E-state index contributed by atoms with van der Waals surface area (Å²) >= 11 is 1.69. The number of hydrogen-bond donors (Lipinski definition) is 2. The number of carbonyl (C=O) groups excluding carboxylic acids is 1. The number of rotatable bonds is 4. The van der Waals surface area contributed by atoms with Gasteiger partial charge in [-0.15, -0.1) is 11.3 Å². The summed E-state index contributed by atoms with van der Waals surface area (Å²) in [5.74, 6) is 0.192. The van der Waals surface area contributed by atoms with Gasteiger partial charge in [-0.3, -0.25) is 4.79 Å². The third kappa shape index (κ3) is 3.14. The lowest BCUT2D eigenvalue weighted by atomic mass is 9.74. The van der Waals surface area contributed by atoms with Gasteiger partial charge in [0.2, 0.25) is 5.91 Å². The van der Waals surface area contributed by atoms with Gasteiger partial charge in [0, 0.05) is 4.88 Å². The van der Waals surface area contributed by atoms with Gasteiger partial charge >= 0.3 is 0 Å². The Bertz CT molecular complexity index is 477. The molecular formula is C16H25N3OS. The molecule has 1 aromatic rings. The van der Waals surface area contributed by atoms with Crippen molar-refractivity contribution in [2.24, 2.45) is 5.41 Å². The maximum absolute atomic E-state index is 12.8. The standard InChI is InChI=1S/C16H25N3OS/c1-2-7-16(8-10-17-11-9-16)14(20)19-15-18-12-5-3-4-6-13(12)21-15/h17H,2-11H2,1H3,(H,18,19,20). The molecule has 1 aliphatic carbocycles. The van der Waals surface area contributed by atoms with Crippen LogP contribution in [0.5, 0.6) is 0 Å². The van der Waals surface area contributed by atoms with E-state index in [0.717, 1.165) is 56.7 Å². The van der Waals surface area contributed by atoms with Crippen LogP contribution in [0.1, 0.15) is 56.0 Å². The number of aryl methyl sites for hydroxylation is 2. The molecule has 0 bridgehead atoms. The summed E-state index contributed by atoms with van der Waals surface area (Å²) in [6, 6.07) is 0. The summed E-state index contributed by atoms with van der Waals surface area (Å²) in [6.45, 7) is 4.06. The zero-order valence-corrected chi connectivity index (χ0v) is 13.7. The molecule has 1 amide bonds. The van der Waals surface area contributed by atoms with E-state index in [2.05, 4.69) is 22.5 Å². The number of carbonyl (C=O) groups is 1.